The van der Waals surface area contributed by atoms with Crippen LogP contribution in [-0.2, 0) is 5.41 Å². The van der Waals surface area contributed by atoms with Gasteiger partial charge < -0.3 is 9.47 Å². The van der Waals surface area contributed by atoms with Crippen LogP contribution in [0.2, 0.25) is 0 Å². The number of rotatable bonds is 5. The van der Waals surface area contributed by atoms with E-state index in [1.165, 1.54) is 108 Å². The molecule has 1 unspecified atom stereocenters. The molecular weight excluding hydrogens is 841 g/mol. The number of hydrogen-bond donors (Lipinski definition) is 0. The van der Waals surface area contributed by atoms with Crippen LogP contribution in [0.25, 0.3) is 86.1 Å². The highest BCUT2D eigenvalue weighted by molar-refractivity contribution is 7.27. The molecule has 2 aromatic heterocycles. The fourth-order valence-electron chi connectivity index (χ4n) is 12.5. The minimum Gasteiger partial charge on any atom is -0.333 e. The first kappa shape index (κ1) is 37.9. The van der Waals surface area contributed by atoms with Crippen molar-refractivity contribution < 1.29 is 0 Å². The van der Waals surface area contributed by atoms with Gasteiger partial charge in [-0.05, 0) is 116 Å². The quantitative estimate of drug-likeness (QED) is 0.167. The van der Waals surface area contributed by atoms with Crippen molar-refractivity contribution in [2.45, 2.75) is 17.9 Å². The monoisotopic (exact) mass is 882 g/mol. The van der Waals surface area contributed by atoms with Crippen LogP contribution in [-0.4, -0.2) is 4.57 Å². The lowest BCUT2D eigenvalue weighted by molar-refractivity contribution is 0.649. The molecule has 3 heteroatoms. The van der Waals surface area contributed by atoms with E-state index in [1.807, 2.05) is 11.3 Å². The molecular formula is C65H42N2S. The Hall–Kier alpha value is -8.24. The molecule has 0 fully saturated rings. The molecule has 15 rings (SSSR count). The zero-order valence-corrected chi connectivity index (χ0v) is 37.9. The standard InChI is InChI=1S/C65H42N2S/c1-3-17-41(18-4-1)42-31-33-44(34-32-42)66(46-35-37-50-49-23-11-15-29-57(49)65(58(50)40-46)55-27-13-9-21-47(55)48-22-10-14-28-56(48)65)45-36-38-59-54(39-45)61-51-24-7-8-25-52(51)64-62(53-26-12-16-30-60(53)68-64)63(61)67(59)43-19-5-2-6-20-43/h1-19,21-40,43H,20H2. The molecule has 2 heterocycles. The Morgan fingerprint density at radius 2 is 1.01 bits per heavy atom. The first-order chi connectivity index (χ1) is 33.8. The molecule has 1 atom stereocenters. The normalized spacial score (nSPS) is 15.1. The Morgan fingerprint density at radius 3 is 1.72 bits per heavy atom. The average molecular weight is 883 g/mol. The van der Waals surface area contributed by atoms with Gasteiger partial charge in [-0.2, -0.15) is 0 Å². The maximum atomic E-state index is 2.66. The summed E-state index contributed by atoms with van der Waals surface area (Å²) in [5.74, 6) is 0. The van der Waals surface area contributed by atoms with Crippen LogP contribution in [0.5, 0.6) is 0 Å². The van der Waals surface area contributed by atoms with Crippen LogP contribution in [0.4, 0.5) is 17.1 Å². The number of fused-ring (bicyclic) bond motifs is 20. The smallest absolute Gasteiger partial charge is 0.0726 e. The topological polar surface area (TPSA) is 8.17 Å². The van der Waals surface area contributed by atoms with Gasteiger partial charge >= 0.3 is 0 Å². The molecule has 0 saturated carbocycles. The summed E-state index contributed by atoms with van der Waals surface area (Å²) < 4.78 is 5.34. The van der Waals surface area contributed by atoms with E-state index in [9.17, 15) is 0 Å². The van der Waals surface area contributed by atoms with Crippen molar-refractivity contribution >= 4 is 81.1 Å². The molecule has 0 amide bonds. The van der Waals surface area contributed by atoms with E-state index in [0.29, 0.717) is 0 Å². The first-order valence-corrected chi connectivity index (χ1v) is 24.6. The van der Waals surface area contributed by atoms with Crippen molar-refractivity contribution in [3.63, 3.8) is 0 Å². The molecule has 1 spiro atoms. The highest BCUT2D eigenvalue weighted by Crippen LogP contribution is 2.63. The summed E-state index contributed by atoms with van der Waals surface area (Å²) in [5, 5.41) is 7.88. The molecule has 3 aliphatic rings. The van der Waals surface area contributed by atoms with Gasteiger partial charge in [-0.25, -0.2) is 0 Å². The maximum Gasteiger partial charge on any atom is 0.0726 e. The number of allylic oxidation sites excluding steroid dienone is 4. The summed E-state index contributed by atoms with van der Waals surface area (Å²) in [4.78, 5) is 2.51. The van der Waals surface area contributed by atoms with Gasteiger partial charge in [0.1, 0.15) is 0 Å². The van der Waals surface area contributed by atoms with Gasteiger partial charge in [-0.15, -0.1) is 11.3 Å². The number of nitrogens with zero attached hydrogens (tertiary/aromatic N) is 2. The van der Waals surface area contributed by atoms with Gasteiger partial charge in [-0.3, -0.25) is 0 Å². The van der Waals surface area contributed by atoms with Crippen molar-refractivity contribution in [2.24, 2.45) is 0 Å². The number of hydrogen-bond acceptors (Lipinski definition) is 2. The van der Waals surface area contributed by atoms with E-state index in [2.05, 4.69) is 246 Å². The van der Waals surface area contributed by atoms with Crippen molar-refractivity contribution in [3.8, 4) is 33.4 Å². The fourth-order valence-corrected chi connectivity index (χ4v) is 13.8. The number of aromatic nitrogens is 1. The zero-order valence-electron chi connectivity index (χ0n) is 37.1. The lowest BCUT2D eigenvalue weighted by atomic mass is 9.70. The average Bonchev–Trinajstić information content (AvgIpc) is 4.14. The molecule has 0 aliphatic heterocycles. The van der Waals surface area contributed by atoms with Crippen molar-refractivity contribution in [1.82, 2.24) is 4.57 Å². The molecule has 0 radical (unpaired) electrons. The molecule has 3 aliphatic carbocycles. The van der Waals surface area contributed by atoms with Crippen LogP contribution in [0.3, 0.4) is 0 Å². The fraction of sp³-hybridized carbons (Fsp3) is 0.0462. The molecule has 68 heavy (non-hydrogen) atoms. The molecule has 318 valence electrons. The molecule has 2 nitrogen and oxygen atoms in total. The zero-order chi connectivity index (χ0) is 44.5. The lowest BCUT2D eigenvalue weighted by Gasteiger charge is -2.32. The van der Waals surface area contributed by atoms with E-state index in [-0.39, 0.29) is 6.04 Å². The lowest BCUT2D eigenvalue weighted by Crippen LogP contribution is -2.26. The predicted molar refractivity (Wildman–Crippen MR) is 288 cm³/mol. The van der Waals surface area contributed by atoms with E-state index in [0.717, 1.165) is 23.5 Å². The van der Waals surface area contributed by atoms with Gasteiger partial charge in [0.2, 0.25) is 0 Å². The van der Waals surface area contributed by atoms with Crippen LogP contribution in [0, 0.1) is 0 Å². The number of thiophene rings is 1. The Labute approximate surface area is 398 Å². The van der Waals surface area contributed by atoms with Crippen molar-refractivity contribution in [3.05, 3.63) is 259 Å². The van der Waals surface area contributed by atoms with E-state index < -0.39 is 5.41 Å². The minimum absolute atomic E-state index is 0.183. The summed E-state index contributed by atoms with van der Waals surface area (Å²) in [5.41, 5.74) is 18.5. The first-order valence-electron chi connectivity index (χ1n) is 23.8. The van der Waals surface area contributed by atoms with Gasteiger partial charge in [0.05, 0.1) is 17.0 Å². The van der Waals surface area contributed by atoms with E-state index in [1.54, 1.807) is 0 Å². The van der Waals surface area contributed by atoms with Crippen molar-refractivity contribution in [2.75, 3.05) is 4.90 Å². The van der Waals surface area contributed by atoms with E-state index >= 15 is 0 Å². The predicted octanol–water partition coefficient (Wildman–Crippen LogP) is 17.9. The molecule has 0 N–H and O–H groups in total. The Kier molecular flexibility index (Phi) is 8.02. The summed E-state index contributed by atoms with van der Waals surface area (Å²) in [6, 6.07) is 80.0. The summed E-state index contributed by atoms with van der Waals surface area (Å²) in [6.45, 7) is 0. The third-order valence-electron chi connectivity index (χ3n) is 15.3. The summed E-state index contributed by atoms with van der Waals surface area (Å²) in [7, 11) is 0. The second-order valence-corrected chi connectivity index (χ2v) is 19.7. The highest BCUT2D eigenvalue weighted by Gasteiger charge is 2.51. The van der Waals surface area contributed by atoms with Crippen molar-refractivity contribution in [1.29, 1.82) is 0 Å². The number of anilines is 3. The molecule has 10 aromatic carbocycles. The second-order valence-electron chi connectivity index (χ2n) is 18.6. The third-order valence-corrected chi connectivity index (χ3v) is 16.5. The summed E-state index contributed by atoms with van der Waals surface area (Å²) in [6.07, 6.45) is 10.1. The van der Waals surface area contributed by atoms with E-state index in [4.69, 9.17) is 0 Å². The van der Waals surface area contributed by atoms with Gasteiger partial charge in [0.15, 0.2) is 0 Å². The Bertz CT molecular complexity index is 4060. The van der Waals surface area contributed by atoms with Gasteiger partial charge in [-0.1, -0.05) is 188 Å². The second kappa shape index (κ2) is 14.4. The van der Waals surface area contributed by atoms with Crippen LogP contribution in [0.1, 0.15) is 34.7 Å². The van der Waals surface area contributed by atoms with Crippen LogP contribution in [0.15, 0.2) is 237 Å². The summed E-state index contributed by atoms with van der Waals surface area (Å²) >= 11 is 1.92. The Morgan fingerprint density at radius 1 is 0.441 bits per heavy atom. The molecule has 0 saturated heterocycles. The molecule has 12 aromatic rings. The largest absolute Gasteiger partial charge is 0.333 e. The van der Waals surface area contributed by atoms with Crippen LogP contribution < -0.4 is 4.90 Å². The SMILES string of the molecule is C1=CCC(n2c3ccc(N(c4ccc(-c5ccccc5)cc4)c4ccc5c(c4)C4(c6ccccc6-c6ccccc64)c4ccccc4-5)cc3c3c4ccccc4c4sc5ccccc5c4c32)C=C1. The maximum absolute atomic E-state index is 2.66. The van der Waals surface area contributed by atoms with Gasteiger partial charge in [0.25, 0.3) is 0 Å². The highest BCUT2D eigenvalue weighted by atomic mass is 32.1. The number of benzene rings is 10. The third kappa shape index (κ3) is 5.11. The molecule has 0 bridgehead atoms. The Balaban J connectivity index is 1.02. The van der Waals surface area contributed by atoms with Gasteiger partial charge in [0, 0.05) is 58.9 Å². The van der Waals surface area contributed by atoms with Crippen LogP contribution >= 0.6 is 11.3 Å². The minimum atomic E-state index is -0.453.